The first-order valence-electron chi connectivity index (χ1n) is 7.97. The zero-order valence-electron chi connectivity index (χ0n) is 13.9. The number of carbonyl (C=O) groups is 1. The van der Waals surface area contributed by atoms with E-state index in [1.54, 1.807) is 6.92 Å². The molecule has 6 nitrogen and oxygen atoms in total. The average molecular weight is 350 g/mol. The van der Waals surface area contributed by atoms with Gasteiger partial charge in [0.2, 0.25) is 0 Å². The SMILES string of the molecule is CCc1onc(C)c1NC(=O)NC(C)c1cc(Cl)cc2c1OCC2. The second kappa shape index (κ2) is 6.73. The topological polar surface area (TPSA) is 76.4 Å². The van der Waals surface area contributed by atoms with Crippen LogP contribution in [0, 0.1) is 6.92 Å². The molecular weight excluding hydrogens is 330 g/mol. The molecule has 2 heterocycles. The number of urea groups is 1. The summed E-state index contributed by atoms with van der Waals surface area (Å²) in [6.45, 7) is 6.27. The van der Waals surface area contributed by atoms with Gasteiger partial charge < -0.3 is 19.9 Å². The van der Waals surface area contributed by atoms with Gasteiger partial charge in [-0.1, -0.05) is 23.7 Å². The second-order valence-corrected chi connectivity index (χ2v) is 6.26. The standard InChI is InChI=1S/C17H20ClN3O3/c1-4-14-15(10(3)21-24-14)20-17(22)19-9(2)13-8-12(18)7-11-5-6-23-16(11)13/h7-9H,4-6H2,1-3H3,(H2,19,20,22). The van der Waals surface area contributed by atoms with E-state index in [4.69, 9.17) is 20.9 Å². The minimum atomic E-state index is -0.324. The van der Waals surface area contributed by atoms with Crippen LogP contribution in [0.25, 0.3) is 0 Å². The van der Waals surface area contributed by atoms with Gasteiger partial charge in [-0.05, 0) is 31.5 Å². The Balaban J connectivity index is 1.74. The normalized spacial score (nSPS) is 14.0. The fourth-order valence-electron chi connectivity index (χ4n) is 2.86. The van der Waals surface area contributed by atoms with Gasteiger partial charge in [-0.3, -0.25) is 0 Å². The van der Waals surface area contributed by atoms with E-state index in [2.05, 4.69) is 15.8 Å². The third-order valence-corrected chi connectivity index (χ3v) is 4.30. The van der Waals surface area contributed by atoms with Crippen molar-refractivity contribution < 1.29 is 14.1 Å². The van der Waals surface area contributed by atoms with Gasteiger partial charge in [0.15, 0.2) is 5.76 Å². The van der Waals surface area contributed by atoms with Gasteiger partial charge in [-0.2, -0.15) is 0 Å². The van der Waals surface area contributed by atoms with Gasteiger partial charge in [0.05, 0.1) is 12.6 Å². The Morgan fingerprint density at radius 3 is 3.00 bits per heavy atom. The summed E-state index contributed by atoms with van der Waals surface area (Å²) in [6, 6.07) is 3.17. The largest absolute Gasteiger partial charge is 0.493 e. The number of rotatable bonds is 4. The van der Waals surface area contributed by atoms with E-state index in [1.807, 2.05) is 26.0 Å². The monoisotopic (exact) mass is 349 g/mol. The number of hydrogen-bond acceptors (Lipinski definition) is 4. The number of aromatic nitrogens is 1. The molecule has 0 aliphatic carbocycles. The lowest BCUT2D eigenvalue weighted by Gasteiger charge is -2.18. The summed E-state index contributed by atoms with van der Waals surface area (Å²) < 4.78 is 10.9. The molecule has 0 saturated carbocycles. The molecule has 1 aliphatic rings. The zero-order chi connectivity index (χ0) is 17.3. The summed E-state index contributed by atoms with van der Waals surface area (Å²) in [7, 11) is 0. The highest BCUT2D eigenvalue weighted by Crippen LogP contribution is 2.36. The Labute approximate surface area is 145 Å². The lowest BCUT2D eigenvalue weighted by molar-refractivity contribution is 0.249. The van der Waals surface area contributed by atoms with Crippen LogP contribution < -0.4 is 15.4 Å². The first-order chi connectivity index (χ1) is 11.5. The van der Waals surface area contributed by atoms with Crippen LogP contribution in [-0.4, -0.2) is 17.8 Å². The van der Waals surface area contributed by atoms with E-state index >= 15 is 0 Å². The first-order valence-corrected chi connectivity index (χ1v) is 8.35. The van der Waals surface area contributed by atoms with Crippen LogP contribution in [0.5, 0.6) is 5.75 Å². The lowest BCUT2D eigenvalue weighted by Crippen LogP contribution is -2.31. The molecule has 1 aromatic heterocycles. The third-order valence-electron chi connectivity index (χ3n) is 4.08. The number of aryl methyl sites for hydroxylation is 2. The van der Waals surface area contributed by atoms with Crippen molar-refractivity contribution in [2.45, 2.75) is 39.7 Å². The quantitative estimate of drug-likeness (QED) is 0.874. The molecule has 0 saturated heterocycles. The van der Waals surface area contributed by atoms with Crippen molar-refractivity contribution in [2.75, 3.05) is 11.9 Å². The highest BCUT2D eigenvalue weighted by atomic mass is 35.5. The van der Waals surface area contributed by atoms with Crippen LogP contribution in [0.2, 0.25) is 5.02 Å². The summed E-state index contributed by atoms with van der Waals surface area (Å²) in [5.41, 5.74) is 3.23. The van der Waals surface area contributed by atoms with E-state index < -0.39 is 0 Å². The number of nitrogens with one attached hydrogen (secondary N) is 2. The summed E-state index contributed by atoms with van der Waals surface area (Å²) >= 11 is 6.18. The second-order valence-electron chi connectivity index (χ2n) is 5.82. The maximum Gasteiger partial charge on any atom is 0.319 e. The van der Waals surface area contributed by atoms with E-state index in [-0.39, 0.29) is 12.1 Å². The Bertz CT molecular complexity index is 773. The van der Waals surface area contributed by atoms with Crippen molar-refractivity contribution >= 4 is 23.3 Å². The molecule has 2 aromatic rings. The number of halogens is 1. The number of hydrogen-bond donors (Lipinski definition) is 2. The summed E-state index contributed by atoms with van der Waals surface area (Å²) in [4.78, 5) is 12.3. The zero-order valence-corrected chi connectivity index (χ0v) is 14.7. The molecule has 7 heteroatoms. The van der Waals surface area contributed by atoms with Gasteiger partial charge in [0.25, 0.3) is 0 Å². The summed E-state index contributed by atoms with van der Waals surface area (Å²) in [5, 5.41) is 10.3. The van der Waals surface area contributed by atoms with Gasteiger partial charge in [0, 0.05) is 23.4 Å². The minimum absolute atomic E-state index is 0.249. The number of fused-ring (bicyclic) bond motifs is 1. The van der Waals surface area contributed by atoms with Crippen LogP contribution in [0.4, 0.5) is 10.5 Å². The third kappa shape index (κ3) is 3.19. The number of amides is 2. The van der Waals surface area contributed by atoms with Crippen LogP contribution in [0.15, 0.2) is 16.7 Å². The molecule has 2 N–H and O–H groups in total. The van der Waals surface area contributed by atoms with Crippen LogP contribution >= 0.6 is 11.6 Å². The van der Waals surface area contributed by atoms with Gasteiger partial charge in [0.1, 0.15) is 17.1 Å². The molecule has 1 aliphatic heterocycles. The lowest BCUT2D eigenvalue weighted by atomic mass is 10.0. The van der Waals surface area contributed by atoms with Crippen LogP contribution in [0.3, 0.4) is 0 Å². The minimum Gasteiger partial charge on any atom is -0.493 e. The smallest absolute Gasteiger partial charge is 0.319 e. The van der Waals surface area contributed by atoms with Gasteiger partial charge >= 0.3 is 6.03 Å². The van der Waals surface area contributed by atoms with Crippen molar-refractivity contribution in [3.63, 3.8) is 0 Å². The average Bonchev–Trinajstić information content (AvgIpc) is 3.13. The first kappa shape index (κ1) is 16.6. The van der Waals surface area contributed by atoms with Gasteiger partial charge in [-0.15, -0.1) is 0 Å². The Morgan fingerprint density at radius 2 is 2.25 bits per heavy atom. The Morgan fingerprint density at radius 1 is 1.46 bits per heavy atom. The molecule has 0 bridgehead atoms. The van der Waals surface area contributed by atoms with E-state index in [0.29, 0.717) is 35.2 Å². The molecule has 24 heavy (non-hydrogen) atoms. The molecule has 0 spiro atoms. The highest BCUT2D eigenvalue weighted by molar-refractivity contribution is 6.30. The summed E-state index contributed by atoms with van der Waals surface area (Å²) in [5.74, 6) is 1.48. The number of carbonyl (C=O) groups excluding carboxylic acids is 1. The molecule has 128 valence electrons. The van der Waals surface area contributed by atoms with Crippen molar-refractivity contribution in [1.29, 1.82) is 0 Å². The van der Waals surface area contributed by atoms with Crippen molar-refractivity contribution in [3.05, 3.63) is 39.7 Å². The van der Waals surface area contributed by atoms with Crippen molar-refractivity contribution in [3.8, 4) is 5.75 Å². The molecular formula is C17H20ClN3O3. The Hall–Kier alpha value is -2.21. The van der Waals surface area contributed by atoms with E-state index in [1.165, 1.54) is 0 Å². The van der Waals surface area contributed by atoms with Crippen molar-refractivity contribution in [2.24, 2.45) is 0 Å². The predicted octanol–water partition coefficient (Wildman–Crippen LogP) is 4.02. The fourth-order valence-corrected chi connectivity index (χ4v) is 3.11. The molecule has 2 amide bonds. The van der Waals surface area contributed by atoms with E-state index in [9.17, 15) is 4.79 Å². The fraction of sp³-hybridized carbons (Fsp3) is 0.412. The van der Waals surface area contributed by atoms with Crippen LogP contribution in [0.1, 0.15) is 42.5 Å². The van der Waals surface area contributed by atoms with E-state index in [0.717, 1.165) is 23.3 Å². The van der Waals surface area contributed by atoms with Crippen LogP contribution in [-0.2, 0) is 12.8 Å². The highest BCUT2D eigenvalue weighted by Gasteiger charge is 2.23. The number of nitrogens with zero attached hydrogens (tertiary/aromatic N) is 1. The maximum absolute atomic E-state index is 12.3. The predicted molar refractivity (Wildman–Crippen MR) is 91.8 cm³/mol. The maximum atomic E-state index is 12.3. The molecule has 0 radical (unpaired) electrons. The molecule has 3 rings (SSSR count). The molecule has 1 atom stereocenters. The van der Waals surface area contributed by atoms with Gasteiger partial charge in [-0.25, -0.2) is 4.79 Å². The van der Waals surface area contributed by atoms with Crippen molar-refractivity contribution in [1.82, 2.24) is 10.5 Å². The summed E-state index contributed by atoms with van der Waals surface area (Å²) in [6.07, 6.45) is 1.49. The molecule has 0 fully saturated rings. The number of ether oxygens (including phenoxy) is 1. The number of anilines is 1. The molecule has 1 unspecified atom stereocenters. The molecule has 1 aromatic carbocycles. The number of benzene rings is 1. The Kier molecular flexibility index (Phi) is 4.66.